The summed E-state index contributed by atoms with van der Waals surface area (Å²) in [4.78, 5) is 23.7. The summed E-state index contributed by atoms with van der Waals surface area (Å²) in [6.45, 7) is 2.91. The van der Waals surface area contributed by atoms with Crippen LogP contribution in [0.2, 0.25) is 0 Å². The van der Waals surface area contributed by atoms with Gasteiger partial charge in [0.1, 0.15) is 0 Å². The average Bonchev–Trinajstić information content (AvgIpc) is 2.52. The van der Waals surface area contributed by atoms with Gasteiger partial charge in [-0.2, -0.15) is 5.10 Å². The van der Waals surface area contributed by atoms with E-state index in [0.29, 0.717) is 30.9 Å². The summed E-state index contributed by atoms with van der Waals surface area (Å²) in [5.74, 6) is 0.371. The highest BCUT2D eigenvalue weighted by molar-refractivity contribution is 5.69. The molecule has 1 aliphatic rings. The van der Waals surface area contributed by atoms with E-state index in [1.807, 2.05) is 6.92 Å². The first kappa shape index (κ1) is 16.7. The van der Waals surface area contributed by atoms with Crippen LogP contribution in [-0.2, 0) is 22.5 Å². The number of carbonyl (C=O) groups is 1. The number of nitrogens with zero attached hydrogens (tertiary/aromatic N) is 2. The van der Waals surface area contributed by atoms with E-state index in [9.17, 15) is 9.59 Å². The van der Waals surface area contributed by atoms with Gasteiger partial charge in [0.25, 0.3) is 5.56 Å². The van der Waals surface area contributed by atoms with E-state index in [-0.39, 0.29) is 18.1 Å². The van der Waals surface area contributed by atoms with Gasteiger partial charge in [-0.05, 0) is 31.2 Å². The molecule has 122 valence electrons. The van der Waals surface area contributed by atoms with Gasteiger partial charge < -0.3 is 4.74 Å². The van der Waals surface area contributed by atoms with E-state index in [2.05, 4.69) is 5.10 Å². The van der Waals surface area contributed by atoms with Gasteiger partial charge in [0.15, 0.2) is 0 Å². The lowest BCUT2D eigenvalue weighted by Gasteiger charge is -2.21. The molecule has 0 radical (unpaired) electrons. The van der Waals surface area contributed by atoms with Crippen LogP contribution in [0.5, 0.6) is 0 Å². The first-order valence-electron chi connectivity index (χ1n) is 8.41. The van der Waals surface area contributed by atoms with E-state index in [1.54, 1.807) is 16.9 Å². The summed E-state index contributed by atoms with van der Waals surface area (Å²) < 4.78 is 6.71. The van der Waals surface area contributed by atoms with Crippen LogP contribution in [0.4, 0.5) is 0 Å². The Bertz CT molecular complexity index is 533. The SMILES string of the molecule is CCCC(=O)OCCc1ccnn(CC2CCCCC2)c1=O. The zero-order valence-corrected chi connectivity index (χ0v) is 13.4. The first-order valence-corrected chi connectivity index (χ1v) is 8.41. The molecule has 0 amide bonds. The average molecular weight is 306 g/mol. The highest BCUT2D eigenvalue weighted by Crippen LogP contribution is 2.24. The third kappa shape index (κ3) is 4.97. The van der Waals surface area contributed by atoms with Crippen LogP contribution in [0.15, 0.2) is 17.1 Å². The molecule has 1 aromatic rings. The standard InChI is InChI=1S/C17H26N2O3/c1-2-6-16(20)22-12-10-15-9-11-18-19(17(15)21)13-14-7-4-3-5-8-14/h9,11,14H,2-8,10,12-13H2,1H3. The highest BCUT2D eigenvalue weighted by Gasteiger charge is 2.16. The Labute approximate surface area is 131 Å². The molecule has 0 N–H and O–H groups in total. The van der Waals surface area contributed by atoms with Crippen molar-refractivity contribution >= 4 is 5.97 Å². The van der Waals surface area contributed by atoms with Crippen LogP contribution in [0.3, 0.4) is 0 Å². The lowest BCUT2D eigenvalue weighted by Crippen LogP contribution is -2.30. The summed E-state index contributed by atoms with van der Waals surface area (Å²) >= 11 is 0. The van der Waals surface area contributed by atoms with E-state index in [4.69, 9.17) is 4.74 Å². The predicted octanol–water partition coefficient (Wildman–Crippen LogP) is 2.71. The maximum Gasteiger partial charge on any atom is 0.305 e. The molecule has 1 saturated carbocycles. The molecule has 5 heteroatoms. The maximum atomic E-state index is 12.4. The normalized spacial score (nSPS) is 15.7. The lowest BCUT2D eigenvalue weighted by atomic mass is 9.89. The van der Waals surface area contributed by atoms with Crippen LogP contribution >= 0.6 is 0 Å². The van der Waals surface area contributed by atoms with Crippen molar-refractivity contribution in [2.45, 2.75) is 64.8 Å². The number of hydrogen-bond donors (Lipinski definition) is 0. The van der Waals surface area contributed by atoms with Crippen molar-refractivity contribution in [3.63, 3.8) is 0 Å². The molecule has 5 nitrogen and oxygen atoms in total. The van der Waals surface area contributed by atoms with Crippen molar-refractivity contribution in [2.75, 3.05) is 6.61 Å². The van der Waals surface area contributed by atoms with Gasteiger partial charge in [0.05, 0.1) is 6.61 Å². The second-order valence-corrected chi connectivity index (χ2v) is 6.07. The molecule has 1 aromatic heterocycles. The third-order valence-corrected chi connectivity index (χ3v) is 4.24. The minimum Gasteiger partial charge on any atom is -0.465 e. The monoisotopic (exact) mass is 306 g/mol. The summed E-state index contributed by atoms with van der Waals surface area (Å²) in [5.41, 5.74) is 0.634. The Morgan fingerprint density at radius 3 is 2.86 bits per heavy atom. The summed E-state index contributed by atoms with van der Waals surface area (Å²) in [7, 11) is 0. The van der Waals surface area contributed by atoms with Gasteiger partial charge in [0.2, 0.25) is 0 Å². The van der Waals surface area contributed by atoms with E-state index in [0.717, 1.165) is 6.42 Å². The number of aromatic nitrogens is 2. The Morgan fingerprint density at radius 1 is 1.36 bits per heavy atom. The smallest absolute Gasteiger partial charge is 0.305 e. The molecule has 2 rings (SSSR count). The largest absolute Gasteiger partial charge is 0.465 e. The maximum absolute atomic E-state index is 12.4. The molecule has 1 aliphatic carbocycles. The lowest BCUT2D eigenvalue weighted by molar-refractivity contribution is -0.143. The van der Waals surface area contributed by atoms with Crippen LogP contribution in [0, 0.1) is 5.92 Å². The van der Waals surface area contributed by atoms with Gasteiger partial charge in [-0.15, -0.1) is 0 Å². The first-order chi connectivity index (χ1) is 10.7. The van der Waals surface area contributed by atoms with Crippen LogP contribution in [-0.4, -0.2) is 22.4 Å². The molecule has 0 bridgehead atoms. The number of rotatable bonds is 7. The number of carbonyl (C=O) groups excluding carboxylic acids is 1. The van der Waals surface area contributed by atoms with Gasteiger partial charge >= 0.3 is 5.97 Å². The second kappa shape index (κ2) is 8.71. The third-order valence-electron chi connectivity index (χ3n) is 4.24. The van der Waals surface area contributed by atoms with Gasteiger partial charge in [-0.1, -0.05) is 26.2 Å². The molecule has 0 saturated heterocycles. The van der Waals surface area contributed by atoms with Crippen molar-refractivity contribution < 1.29 is 9.53 Å². The van der Waals surface area contributed by atoms with Crippen molar-refractivity contribution in [2.24, 2.45) is 5.92 Å². The minimum absolute atomic E-state index is 0.0420. The quantitative estimate of drug-likeness (QED) is 0.727. The van der Waals surface area contributed by atoms with E-state index in [1.165, 1.54) is 32.1 Å². The predicted molar refractivity (Wildman–Crippen MR) is 84.6 cm³/mol. The van der Waals surface area contributed by atoms with Gasteiger partial charge in [-0.25, -0.2) is 4.68 Å². The van der Waals surface area contributed by atoms with Crippen LogP contribution in [0.25, 0.3) is 0 Å². The van der Waals surface area contributed by atoms with Crippen molar-refractivity contribution in [3.8, 4) is 0 Å². The molecule has 0 spiro atoms. The van der Waals surface area contributed by atoms with E-state index >= 15 is 0 Å². The van der Waals surface area contributed by atoms with Gasteiger partial charge in [-0.3, -0.25) is 9.59 Å². The van der Waals surface area contributed by atoms with Crippen LogP contribution < -0.4 is 5.56 Å². The molecule has 0 aliphatic heterocycles. The second-order valence-electron chi connectivity index (χ2n) is 6.07. The highest BCUT2D eigenvalue weighted by atomic mass is 16.5. The molecule has 1 heterocycles. The fourth-order valence-corrected chi connectivity index (χ4v) is 2.98. The molecular weight excluding hydrogens is 280 g/mol. The zero-order chi connectivity index (χ0) is 15.8. The fourth-order valence-electron chi connectivity index (χ4n) is 2.98. The summed E-state index contributed by atoms with van der Waals surface area (Å²) in [5, 5.41) is 4.20. The molecule has 0 aromatic carbocycles. The Balaban J connectivity index is 1.90. The summed E-state index contributed by atoms with van der Waals surface area (Å²) in [6.07, 6.45) is 9.54. The van der Waals surface area contributed by atoms with Crippen molar-refractivity contribution in [3.05, 3.63) is 28.2 Å². The molecule has 22 heavy (non-hydrogen) atoms. The minimum atomic E-state index is -0.195. The number of hydrogen-bond acceptors (Lipinski definition) is 4. The number of ether oxygens (including phenoxy) is 1. The van der Waals surface area contributed by atoms with Crippen molar-refractivity contribution in [1.82, 2.24) is 9.78 Å². The topological polar surface area (TPSA) is 61.2 Å². The Kier molecular flexibility index (Phi) is 6.62. The summed E-state index contributed by atoms with van der Waals surface area (Å²) in [6, 6.07) is 1.73. The fraction of sp³-hybridized carbons (Fsp3) is 0.706. The van der Waals surface area contributed by atoms with E-state index < -0.39 is 0 Å². The van der Waals surface area contributed by atoms with Crippen LogP contribution in [0.1, 0.15) is 57.4 Å². The van der Waals surface area contributed by atoms with Gasteiger partial charge in [0, 0.05) is 31.1 Å². The molecule has 1 fully saturated rings. The molecular formula is C17H26N2O3. The molecule has 0 unspecified atom stereocenters. The molecule has 0 atom stereocenters. The Hall–Kier alpha value is -1.65. The zero-order valence-electron chi connectivity index (χ0n) is 13.4. The Morgan fingerprint density at radius 2 is 2.14 bits per heavy atom. The number of esters is 1. The van der Waals surface area contributed by atoms with Crippen molar-refractivity contribution in [1.29, 1.82) is 0 Å².